The number of anilines is 1. The van der Waals surface area contributed by atoms with Crippen LogP contribution in [0, 0.1) is 0 Å². The summed E-state index contributed by atoms with van der Waals surface area (Å²) in [4.78, 5) is 17.1. The van der Waals surface area contributed by atoms with Crippen LogP contribution in [0.15, 0.2) is 71.8 Å². The van der Waals surface area contributed by atoms with Crippen LogP contribution in [-0.4, -0.2) is 43.8 Å². The monoisotopic (exact) mass is 481 g/mol. The van der Waals surface area contributed by atoms with Crippen molar-refractivity contribution in [3.63, 3.8) is 0 Å². The SMILES string of the molecule is COc1ccc(Oc2ncccc2NC(=O)Cc2ccc(S(=O)(=O)N3CCCCC3)cc2)cc1. The van der Waals surface area contributed by atoms with Crippen LogP contribution in [0.25, 0.3) is 0 Å². The van der Waals surface area contributed by atoms with Crippen molar-refractivity contribution in [1.29, 1.82) is 0 Å². The lowest BCUT2D eigenvalue weighted by atomic mass is 10.1. The number of pyridine rings is 1. The summed E-state index contributed by atoms with van der Waals surface area (Å²) in [5.74, 6) is 1.26. The number of nitrogens with one attached hydrogen (secondary N) is 1. The predicted octanol–water partition coefficient (Wildman–Crippen LogP) is 4.24. The van der Waals surface area contributed by atoms with E-state index in [0.717, 1.165) is 19.3 Å². The van der Waals surface area contributed by atoms with Gasteiger partial charge in [-0.05, 0) is 66.9 Å². The Kier molecular flexibility index (Phi) is 7.44. The Balaban J connectivity index is 1.40. The van der Waals surface area contributed by atoms with Crippen molar-refractivity contribution in [1.82, 2.24) is 9.29 Å². The molecule has 4 rings (SSSR count). The van der Waals surface area contributed by atoms with Crippen molar-refractivity contribution in [3.05, 3.63) is 72.4 Å². The number of piperidine rings is 1. The third-order valence-corrected chi connectivity index (χ3v) is 7.47. The molecule has 0 saturated carbocycles. The van der Waals surface area contributed by atoms with Gasteiger partial charge >= 0.3 is 0 Å². The number of ether oxygens (including phenoxy) is 2. The van der Waals surface area contributed by atoms with Gasteiger partial charge in [-0.15, -0.1) is 0 Å². The van der Waals surface area contributed by atoms with Crippen molar-refractivity contribution in [2.75, 3.05) is 25.5 Å². The first-order chi connectivity index (χ1) is 16.5. The summed E-state index contributed by atoms with van der Waals surface area (Å²) < 4.78 is 38.1. The van der Waals surface area contributed by atoms with Crippen molar-refractivity contribution < 1.29 is 22.7 Å². The number of carbonyl (C=O) groups is 1. The minimum Gasteiger partial charge on any atom is -0.497 e. The van der Waals surface area contributed by atoms with Gasteiger partial charge in [0.15, 0.2) is 0 Å². The number of carbonyl (C=O) groups excluding carboxylic acids is 1. The maximum Gasteiger partial charge on any atom is 0.243 e. The van der Waals surface area contributed by atoms with Gasteiger partial charge in [0.25, 0.3) is 0 Å². The summed E-state index contributed by atoms with van der Waals surface area (Å²) in [6.07, 6.45) is 4.49. The Morgan fingerprint density at radius 1 is 0.971 bits per heavy atom. The van der Waals surface area contributed by atoms with Crippen molar-refractivity contribution in [3.8, 4) is 17.4 Å². The smallest absolute Gasteiger partial charge is 0.243 e. The molecule has 2 aromatic carbocycles. The number of sulfonamides is 1. The molecular formula is C25H27N3O5S. The topological polar surface area (TPSA) is 97.8 Å². The third-order valence-electron chi connectivity index (χ3n) is 5.56. The van der Waals surface area contributed by atoms with Gasteiger partial charge in [0, 0.05) is 19.3 Å². The maximum absolute atomic E-state index is 12.8. The first kappa shape index (κ1) is 23.7. The van der Waals surface area contributed by atoms with Crippen LogP contribution in [-0.2, 0) is 21.2 Å². The van der Waals surface area contributed by atoms with Crippen LogP contribution in [0.2, 0.25) is 0 Å². The molecule has 0 atom stereocenters. The molecule has 178 valence electrons. The molecule has 1 N–H and O–H groups in total. The van der Waals surface area contributed by atoms with E-state index in [9.17, 15) is 13.2 Å². The van der Waals surface area contributed by atoms with Crippen LogP contribution < -0.4 is 14.8 Å². The normalized spacial score (nSPS) is 14.4. The average molecular weight is 482 g/mol. The fraction of sp³-hybridized carbons (Fsp3) is 0.280. The van der Waals surface area contributed by atoms with Crippen molar-refractivity contribution in [2.45, 2.75) is 30.6 Å². The van der Waals surface area contributed by atoms with Gasteiger partial charge in [-0.2, -0.15) is 4.31 Å². The highest BCUT2D eigenvalue weighted by Crippen LogP contribution is 2.28. The second-order valence-corrected chi connectivity index (χ2v) is 9.91. The minimum atomic E-state index is -3.50. The van der Waals surface area contributed by atoms with Gasteiger partial charge in [0.05, 0.1) is 18.4 Å². The van der Waals surface area contributed by atoms with Crippen LogP contribution in [0.4, 0.5) is 5.69 Å². The molecule has 2 heterocycles. The minimum absolute atomic E-state index is 0.0842. The highest BCUT2D eigenvalue weighted by atomic mass is 32.2. The molecule has 34 heavy (non-hydrogen) atoms. The number of rotatable bonds is 8. The van der Waals surface area contributed by atoms with E-state index < -0.39 is 10.0 Å². The lowest BCUT2D eigenvalue weighted by molar-refractivity contribution is -0.115. The van der Waals surface area contributed by atoms with Gasteiger partial charge in [-0.1, -0.05) is 18.6 Å². The zero-order valence-corrected chi connectivity index (χ0v) is 19.8. The summed E-state index contributed by atoms with van der Waals surface area (Å²) in [7, 11) is -1.91. The van der Waals surface area contributed by atoms with E-state index in [-0.39, 0.29) is 23.1 Å². The van der Waals surface area contributed by atoms with E-state index in [4.69, 9.17) is 9.47 Å². The van der Waals surface area contributed by atoms with Gasteiger partial charge in [-0.25, -0.2) is 13.4 Å². The maximum atomic E-state index is 12.8. The number of aromatic nitrogens is 1. The molecule has 3 aromatic rings. The number of nitrogens with zero attached hydrogens (tertiary/aromatic N) is 2. The standard InChI is InChI=1S/C25H27N3O5S/c1-32-20-9-11-21(12-10-20)33-25-23(6-5-15-26-25)27-24(29)18-19-7-13-22(14-8-19)34(30,31)28-16-3-2-4-17-28/h5-15H,2-4,16-18H2,1H3,(H,27,29). The average Bonchev–Trinajstić information content (AvgIpc) is 2.86. The van der Waals surface area contributed by atoms with Gasteiger partial charge < -0.3 is 14.8 Å². The van der Waals surface area contributed by atoms with Crippen molar-refractivity contribution >= 4 is 21.6 Å². The molecule has 9 heteroatoms. The van der Waals surface area contributed by atoms with Gasteiger partial charge in [0.1, 0.15) is 17.2 Å². The van der Waals surface area contributed by atoms with Crippen molar-refractivity contribution in [2.24, 2.45) is 0 Å². The molecule has 1 aliphatic heterocycles. The summed E-state index contributed by atoms with van der Waals surface area (Å²) in [5, 5.41) is 2.82. The molecule has 0 spiro atoms. The van der Waals surface area contributed by atoms with E-state index in [0.29, 0.717) is 35.8 Å². The molecule has 1 amide bonds. The Morgan fingerprint density at radius 2 is 1.65 bits per heavy atom. The Morgan fingerprint density at radius 3 is 2.32 bits per heavy atom. The van der Waals surface area contributed by atoms with E-state index >= 15 is 0 Å². The van der Waals surface area contributed by atoms with E-state index in [1.54, 1.807) is 74.0 Å². The lowest BCUT2D eigenvalue weighted by Crippen LogP contribution is -2.35. The van der Waals surface area contributed by atoms with E-state index in [1.807, 2.05) is 0 Å². The fourth-order valence-electron chi connectivity index (χ4n) is 3.74. The predicted molar refractivity (Wildman–Crippen MR) is 129 cm³/mol. The van der Waals surface area contributed by atoms with Crippen LogP contribution in [0.1, 0.15) is 24.8 Å². The zero-order valence-electron chi connectivity index (χ0n) is 18.9. The molecule has 1 aromatic heterocycles. The Labute approximate surface area is 199 Å². The molecule has 0 aliphatic carbocycles. The van der Waals surface area contributed by atoms with E-state index in [1.165, 1.54) is 4.31 Å². The second-order valence-electron chi connectivity index (χ2n) is 7.97. The third kappa shape index (κ3) is 5.73. The van der Waals surface area contributed by atoms with Crippen LogP contribution in [0.5, 0.6) is 17.4 Å². The zero-order chi connectivity index (χ0) is 24.0. The van der Waals surface area contributed by atoms with Gasteiger partial charge in [0.2, 0.25) is 21.8 Å². The molecule has 1 fully saturated rings. The lowest BCUT2D eigenvalue weighted by Gasteiger charge is -2.25. The van der Waals surface area contributed by atoms with Gasteiger partial charge in [-0.3, -0.25) is 4.79 Å². The quantitative estimate of drug-likeness (QED) is 0.517. The first-order valence-corrected chi connectivity index (χ1v) is 12.6. The number of benzene rings is 2. The number of amides is 1. The second kappa shape index (κ2) is 10.7. The van der Waals surface area contributed by atoms with E-state index in [2.05, 4.69) is 10.3 Å². The fourth-order valence-corrected chi connectivity index (χ4v) is 5.25. The molecule has 0 bridgehead atoms. The molecule has 1 aliphatic rings. The number of methoxy groups -OCH3 is 1. The highest BCUT2D eigenvalue weighted by molar-refractivity contribution is 7.89. The summed E-state index contributed by atoms with van der Waals surface area (Å²) in [6, 6.07) is 16.9. The first-order valence-electron chi connectivity index (χ1n) is 11.1. The molecule has 8 nitrogen and oxygen atoms in total. The van der Waals surface area contributed by atoms with Crippen LogP contribution >= 0.6 is 0 Å². The Hall–Kier alpha value is -3.43. The Bertz CT molecular complexity index is 1220. The summed E-state index contributed by atoms with van der Waals surface area (Å²) in [6.45, 7) is 1.11. The summed E-state index contributed by atoms with van der Waals surface area (Å²) >= 11 is 0. The molecule has 1 saturated heterocycles. The van der Waals surface area contributed by atoms with Crippen LogP contribution in [0.3, 0.4) is 0 Å². The number of hydrogen-bond acceptors (Lipinski definition) is 6. The summed E-state index contributed by atoms with van der Waals surface area (Å²) in [5.41, 5.74) is 1.14. The molecule has 0 unspecified atom stereocenters. The largest absolute Gasteiger partial charge is 0.497 e. The highest BCUT2D eigenvalue weighted by Gasteiger charge is 2.25. The number of hydrogen-bond donors (Lipinski definition) is 1. The molecular weight excluding hydrogens is 454 g/mol. The molecule has 0 radical (unpaired) electrons.